The van der Waals surface area contributed by atoms with Crippen molar-refractivity contribution < 1.29 is 4.42 Å². The van der Waals surface area contributed by atoms with Gasteiger partial charge in [0.05, 0.1) is 12.8 Å². The van der Waals surface area contributed by atoms with Gasteiger partial charge in [0.25, 0.3) is 0 Å². The maximum atomic E-state index is 5.46. The van der Waals surface area contributed by atoms with E-state index in [4.69, 9.17) is 4.42 Å². The van der Waals surface area contributed by atoms with Crippen LogP contribution in [0.5, 0.6) is 0 Å². The number of hydrogen-bond acceptors (Lipinski definition) is 3. The Morgan fingerprint density at radius 3 is 2.50 bits per heavy atom. The molecule has 0 aliphatic carbocycles. The fourth-order valence-electron chi connectivity index (χ4n) is 2.58. The standard InChI is InChI=1S/C15H26N2O/c1-12-7-10-18-14(12)11-16-13-5-8-17(9-6-13)15(2,3)4/h7,10,13,16H,5-6,8-9,11H2,1-4H3. The van der Waals surface area contributed by atoms with Crippen LogP contribution in [-0.4, -0.2) is 29.6 Å². The Hall–Kier alpha value is -0.800. The third-order valence-electron chi connectivity index (χ3n) is 3.96. The number of hydrogen-bond donors (Lipinski definition) is 1. The normalized spacial score (nSPS) is 19.3. The minimum absolute atomic E-state index is 0.308. The van der Waals surface area contributed by atoms with E-state index in [0.717, 1.165) is 12.3 Å². The van der Waals surface area contributed by atoms with Crippen LogP contribution < -0.4 is 5.32 Å². The third kappa shape index (κ3) is 3.36. The molecule has 2 heterocycles. The topological polar surface area (TPSA) is 28.4 Å². The highest BCUT2D eigenvalue weighted by Crippen LogP contribution is 2.20. The van der Waals surface area contributed by atoms with Crippen LogP contribution in [0.4, 0.5) is 0 Å². The molecule has 1 aromatic rings. The maximum Gasteiger partial charge on any atom is 0.120 e. The van der Waals surface area contributed by atoms with Gasteiger partial charge in [-0.1, -0.05) is 0 Å². The number of piperidine rings is 1. The lowest BCUT2D eigenvalue weighted by molar-refractivity contribution is 0.0956. The van der Waals surface area contributed by atoms with Gasteiger partial charge in [0.2, 0.25) is 0 Å². The molecule has 1 N–H and O–H groups in total. The van der Waals surface area contributed by atoms with E-state index in [0.29, 0.717) is 11.6 Å². The second kappa shape index (κ2) is 5.45. The van der Waals surface area contributed by atoms with Gasteiger partial charge in [0.1, 0.15) is 5.76 Å². The minimum Gasteiger partial charge on any atom is -0.468 e. The lowest BCUT2D eigenvalue weighted by Crippen LogP contribution is -2.49. The first kappa shape index (κ1) is 13.6. The van der Waals surface area contributed by atoms with Gasteiger partial charge in [-0.15, -0.1) is 0 Å². The van der Waals surface area contributed by atoms with Crippen molar-refractivity contribution in [1.29, 1.82) is 0 Å². The summed E-state index contributed by atoms with van der Waals surface area (Å²) in [6.45, 7) is 12.2. The van der Waals surface area contributed by atoms with Crippen LogP contribution in [0.2, 0.25) is 0 Å². The minimum atomic E-state index is 0.308. The van der Waals surface area contributed by atoms with Gasteiger partial charge in [-0.25, -0.2) is 0 Å². The van der Waals surface area contributed by atoms with Crippen LogP contribution in [-0.2, 0) is 6.54 Å². The molecule has 0 amide bonds. The second-order valence-electron chi connectivity index (χ2n) is 6.34. The number of nitrogens with one attached hydrogen (secondary N) is 1. The zero-order valence-electron chi connectivity index (χ0n) is 12.1. The molecule has 0 spiro atoms. The maximum absolute atomic E-state index is 5.46. The number of likely N-dealkylation sites (tertiary alicyclic amines) is 1. The number of rotatable bonds is 3. The predicted molar refractivity (Wildman–Crippen MR) is 74.6 cm³/mol. The summed E-state index contributed by atoms with van der Waals surface area (Å²) in [5.41, 5.74) is 1.55. The van der Waals surface area contributed by atoms with Crippen molar-refractivity contribution in [2.45, 2.75) is 58.7 Å². The van der Waals surface area contributed by atoms with Crippen molar-refractivity contribution in [3.63, 3.8) is 0 Å². The average Bonchev–Trinajstić information content (AvgIpc) is 2.72. The molecule has 1 aliphatic heterocycles. The van der Waals surface area contributed by atoms with Crippen molar-refractivity contribution in [2.24, 2.45) is 0 Å². The zero-order valence-corrected chi connectivity index (χ0v) is 12.1. The molecule has 1 fully saturated rings. The van der Waals surface area contributed by atoms with Gasteiger partial charge in [-0.2, -0.15) is 0 Å². The Balaban J connectivity index is 1.76. The van der Waals surface area contributed by atoms with E-state index in [1.165, 1.54) is 31.5 Å². The molecule has 3 nitrogen and oxygen atoms in total. The van der Waals surface area contributed by atoms with E-state index >= 15 is 0 Å². The highest BCUT2D eigenvalue weighted by Gasteiger charge is 2.26. The monoisotopic (exact) mass is 250 g/mol. The van der Waals surface area contributed by atoms with Crippen LogP contribution in [0, 0.1) is 6.92 Å². The van der Waals surface area contributed by atoms with E-state index in [1.54, 1.807) is 6.26 Å². The molecule has 102 valence electrons. The molecule has 18 heavy (non-hydrogen) atoms. The Kier molecular flexibility index (Phi) is 4.13. The Morgan fingerprint density at radius 2 is 2.00 bits per heavy atom. The van der Waals surface area contributed by atoms with Crippen LogP contribution in [0.25, 0.3) is 0 Å². The molecule has 0 saturated carbocycles. The highest BCUT2D eigenvalue weighted by molar-refractivity contribution is 5.14. The van der Waals surface area contributed by atoms with Gasteiger partial charge in [0, 0.05) is 24.7 Å². The molecular formula is C15H26N2O. The fourth-order valence-corrected chi connectivity index (χ4v) is 2.58. The summed E-state index contributed by atoms with van der Waals surface area (Å²) >= 11 is 0. The fraction of sp³-hybridized carbons (Fsp3) is 0.733. The first-order chi connectivity index (χ1) is 8.47. The number of furan rings is 1. The van der Waals surface area contributed by atoms with Gasteiger partial charge >= 0.3 is 0 Å². The molecule has 0 bridgehead atoms. The smallest absolute Gasteiger partial charge is 0.120 e. The summed E-state index contributed by atoms with van der Waals surface area (Å²) in [6, 6.07) is 2.66. The molecule has 2 rings (SSSR count). The van der Waals surface area contributed by atoms with E-state index in [9.17, 15) is 0 Å². The van der Waals surface area contributed by atoms with Crippen LogP contribution in [0.1, 0.15) is 44.9 Å². The van der Waals surface area contributed by atoms with Gasteiger partial charge in [-0.05, 0) is 52.2 Å². The molecule has 1 aromatic heterocycles. The molecule has 0 unspecified atom stereocenters. The first-order valence-corrected chi connectivity index (χ1v) is 6.98. The van der Waals surface area contributed by atoms with Crippen molar-refractivity contribution in [1.82, 2.24) is 10.2 Å². The van der Waals surface area contributed by atoms with E-state index < -0.39 is 0 Å². The number of aryl methyl sites for hydroxylation is 1. The van der Waals surface area contributed by atoms with Gasteiger partial charge < -0.3 is 9.73 Å². The van der Waals surface area contributed by atoms with E-state index in [2.05, 4.69) is 37.9 Å². The summed E-state index contributed by atoms with van der Waals surface area (Å²) in [7, 11) is 0. The third-order valence-corrected chi connectivity index (χ3v) is 3.96. The van der Waals surface area contributed by atoms with Gasteiger partial charge in [0.15, 0.2) is 0 Å². The molecule has 0 atom stereocenters. The SMILES string of the molecule is Cc1ccoc1CNC1CCN(C(C)(C)C)CC1. The Morgan fingerprint density at radius 1 is 1.33 bits per heavy atom. The van der Waals surface area contributed by atoms with E-state index in [-0.39, 0.29) is 0 Å². The summed E-state index contributed by atoms with van der Waals surface area (Å²) in [6.07, 6.45) is 4.24. The lowest BCUT2D eigenvalue weighted by Gasteiger charge is -2.41. The Labute approximate surface area is 111 Å². The summed E-state index contributed by atoms with van der Waals surface area (Å²) < 4.78 is 5.46. The summed E-state index contributed by atoms with van der Waals surface area (Å²) in [5, 5.41) is 3.62. The quantitative estimate of drug-likeness (QED) is 0.894. The van der Waals surface area contributed by atoms with Crippen molar-refractivity contribution >= 4 is 0 Å². The largest absolute Gasteiger partial charge is 0.468 e. The van der Waals surface area contributed by atoms with Crippen LogP contribution >= 0.6 is 0 Å². The number of nitrogens with zero attached hydrogens (tertiary/aromatic N) is 1. The molecule has 0 radical (unpaired) electrons. The average molecular weight is 250 g/mol. The predicted octanol–water partition coefficient (Wildman–Crippen LogP) is 2.94. The van der Waals surface area contributed by atoms with Crippen molar-refractivity contribution in [3.05, 3.63) is 23.7 Å². The first-order valence-electron chi connectivity index (χ1n) is 6.98. The summed E-state index contributed by atoms with van der Waals surface area (Å²) in [5.74, 6) is 1.08. The molecule has 3 heteroatoms. The molecule has 1 saturated heterocycles. The Bertz CT molecular complexity index is 370. The molecule has 0 aromatic carbocycles. The van der Waals surface area contributed by atoms with Crippen LogP contribution in [0.15, 0.2) is 16.7 Å². The second-order valence-corrected chi connectivity index (χ2v) is 6.34. The van der Waals surface area contributed by atoms with Crippen molar-refractivity contribution in [3.8, 4) is 0 Å². The summed E-state index contributed by atoms with van der Waals surface area (Å²) in [4.78, 5) is 2.57. The lowest BCUT2D eigenvalue weighted by atomic mass is 9.98. The highest BCUT2D eigenvalue weighted by atomic mass is 16.3. The molecular weight excluding hydrogens is 224 g/mol. The zero-order chi connectivity index (χ0) is 13.2. The molecule has 1 aliphatic rings. The van der Waals surface area contributed by atoms with Gasteiger partial charge in [-0.3, -0.25) is 4.90 Å². The van der Waals surface area contributed by atoms with Crippen LogP contribution in [0.3, 0.4) is 0 Å². The van der Waals surface area contributed by atoms with Crippen molar-refractivity contribution in [2.75, 3.05) is 13.1 Å². The van der Waals surface area contributed by atoms with E-state index in [1.807, 2.05) is 6.07 Å².